The number of carbonyl (C=O) groups excluding carboxylic acids is 1. The van der Waals surface area contributed by atoms with E-state index in [0.717, 1.165) is 5.69 Å². The highest BCUT2D eigenvalue weighted by Crippen LogP contribution is 2.36. The van der Waals surface area contributed by atoms with Crippen LogP contribution < -0.4 is 10.1 Å². The third kappa shape index (κ3) is 5.04. The average Bonchev–Trinajstić information content (AvgIpc) is 3.60. The van der Waals surface area contributed by atoms with Crippen LogP contribution in [0.25, 0.3) is 5.69 Å². The molecule has 2 aromatic heterocycles. The second-order valence-electron chi connectivity index (χ2n) is 9.59. The molecule has 2 aliphatic rings. The van der Waals surface area contributed by atoms with Crippen molar-refractivity contribution in [1.29, 1.82) is 0 Å². The van der Waals surface area contributed by atoms with Gasteiger partial charge in [0.05, 0.1) is 31.4 Å². The van der Waals surface area contributed by atoms with Gasteiger partial charge in [-0.3, -0.25) is 9.59 Å². The van der Waals surface area contributed by atoms with E-state index in [1.54, 1.807) is 37.0 Å². The van der Waals surface area contributed by atoms with Gasteiger partial charge in [0.1, 0.15) is 36.7 Å². The number of nitrogens with zero attached hydrogens (tertiary/aromatic N) is 7. The van der Waals surface area contributed by atoms with Gasteiger partial charge in [0.15, 0.2) is 0 Å². The van der Waals surface area contributed by atoms with Crippen molar-refractivity contribution in [3.05, 3.63) is 36.9 Å². The first-order chi connectivity index (χ1) is 17.3. The summed E-state index contributed by atoms with van der Waals surface area (Å²) in [5.41, 5.74) is 0.158. The highest BCUT2D eigenvalue weighted by atomic mass is 16.6. The van der Waals surface area contributed by atoms with Crippen LogP contribution in [0.15, 0.2) is 36.9 Å². The maximum Gasteiger partial charge on any atom is 0.341 e. The van der Waals surface area contributed by atoms with Gasteiger partial charge >= 0.3 is 12.0 Å². The number of hydrogen-bond acceptors (Lipinski definition) is 10. The van der Waals surface area contributed by atoms with Crippen LogP contribution in [0.3, 0.4) is 0 Å². The fourth-order valence-corrected chi connectivity index (χ4v) is 4.55. The maximum atomic E-state index is 12.6. The fourth-order valence-electron chi connectivity index (χ4n) is 4.55. The molecule has 3 aromatic rings. The molecule has 1 amide bonds. The van der Waals surface area contributed by atoms with Gasteiger partial charge in [0.2, 0.25) is 5.91 Å². The maximum absolute atomic E-state index is 12.6. The topological polar surface area (TPSA) is 168 Å². The molecule has 4 unspecified atom stereocenters. The Balaban J connectivity index is 1.21. The van der Waals surface area contributed by atoms with Gasteiger partial charge in [0, 0.05) is 6.42 Å². The zero-order valence-electron chi connectivity index (χ0n) is 19.7. The Hall–Kier alpha value is -3.91. The van der Waals surface area contributed by atoms with Crippen molar-refractivity contribution < 1.29 is 28.9 Å². The lowest BCUT2D eigenvalue weighted by atomic mass is 9.85. The van der Waals surface area contributed by atoms with E-state index in [-0.39, 0.29) is 62.3 Å². The molecule has 2 fully saturated rings. The van der Waals surface area contributed by atoms with Gasteiger partial charge in [-0.2, -0.15) is 9.78 Å². The summed E-state index contributed by atoms with van der Waals surface area (Å²) in [6.45, 7) is 4.04. The third-order valence-corrected chi connectivity index (χ3v) is 6.15. The molecule has 0 aliphatic carbocycles. The van der Waals surface area contributed by atoms with Crippen LogP contribution in [0.5, 0.6) is 11.8 Å². The lowest BCUT2D eigenvalue weighted by molar-refractivity contribution is -0.139. The summed E-state index contributed by atoms with van der Waals surface area (Å²) in [4.78, 5) is 27.5. The number of carboxylic acids is 1. The summed E-state index contributed by atoms with van der Waals surface area (Å²) < 4.78 is 21.0. The minimum absolute atomic E-state index is 0.0807. The van der Waals surface area contributed by atoms with Crippen molar-refractivity contribution in [3.8, 4) is 17.4 Å². The van der Waals surface area contributed by atoms with E-state index in [4.69, 9.17) is 19.3 Å². The quantitative estimate of drug-likeness (QED) is 0.427. The molecule has 36 heavy (non-hydrogen) atoms. The zero-order valence-corrected chi connectivity index (χ0v) is 19.7. The largest absolute Gasteiger partial charge is 0.481 e. The number of tetrazole rings is 1. The molecule has 0 radical (unpaired) electrons. The van der Waals surface area contributed by atoms with Gasteiger partial charge in [-0.05, 0) is 40.1 Å². The molecule has 2 saturated heterocycles. The first kappa shape index (κ1) is 23.8. The molecule has 4 atom stereocenters. The minimum Gasteiger partial charge on any atom is -0.481 e. The number of ether oxygens (including phenoxy) is 3. The highest BCUT2D eigenvalue weighted by Gasteiger charge is 2.50. The number of fused-ring (bicyclic) bond motifs is 1. The number of carboxylic acid groups (broad SMARTS) is 1. The molecule has 2 aliphatic heterocycles. The zero-order chi connectivity index (χ0) is 25.3. The highest BCUT2D eigenvalue weighted by molar-refractivity contribution is 5.78. The SMILES string of the molecule is CC(C)(CC(=O)O)CC(=O)NC1COC2C1OCC2n1nnnc1Oc1ccc(-n2cncn2)cc1. The summed E-state index contributed by atoms with van der Waals surface area (Å²) >= 11 is 0. The Morgan fingerprint density at radius 1 is 1.17 bits per heavy atom. The normalized spacial score (nSPS) is 23.4. The van der Waals surface area contributed by atoms with Crippen LogP contribution >= 0.6 is 0 Å². The molecule has 0 spiro atoms. The standard InChI is InChI=1S/C22H26N8O6/c1-22(2,8-18(32)33)7-17(31)25-15-9-34-20-16(10-35-19(15)20)30-21(26-27-28-30)36-14-5-3-13(4-6-14)29-12-23-11-24-29/h3-6,11-12,15-16,19-20H,7-10H2,1-2H3,(H,25,31)(H,32,33). The van der Waals surface area contributed by atoms with Crippen molar-refractivity contribution in [1.82, 2.24) is 40.3 Å². The Morgan fingerprint density at radius 3 is 2.67 bits per heavy atom. The Morgan fingerprint density at radius 2 is 1.94 bits per heavy atom. The van der Waals surface area contributed by atoms with E-state index in [1.807, 2.05) is 12.1 Å². The van der Waals surface area contributed by atoms with Gasteiger partial charge in [-0.15, -0.1) is 0 Å². The number of carbonyl (C=O) groups is 2. The summed E-state index contributed by atoms with van der Waals surface area (Å²) in [6.07, 6.45) is 2.26. The Kier molecular flexibility index (Phi) is 6.36. The van der Waals surface area contributed by atoms with Crippen LogP contribution in [-0.2, 0) is 19.1 Å². The van der Waals surface area contributed by atoms with Crippen LogP contribution in [0.1, 0.15) is 32.7 Å². The van der Waals surface area contributed by atoms with Crippen LogP contribution in [0.2, 0.25) is 0 Å². The first-order valence-electron chi connectivity index (χ1n) is 11.4. The molecule has 5 rings (SSSR count). The number of hydrogen-bond donors (Lipinski definition) is 2. The molecule has 2 N–H and O–H groups in total. The van der Waals surface area contributed by atoms with E-state index >= 15 is 0 Å². The van der Waals surface area contributed by atoms with Crippen LogP contribution in [-0.4, -0.2) is 83.4 Å². The molecule has 14 heteroatoms. The van der Waals surface area contributed by atoms with E-state index in [0.29, 0.717) is 5.75 Å². The van der Waals surface area contributed by atoms with Gasteiger partial charge in [-0.25, -0.2) is 9.67 Å². The van der Waals surface area contributed by atoms with E-state index in [2.05, 4.69) is 30.9 Å². The minimum atomic E-state index is -0.940. The van der Waals surface area contributed by atoms with Crippen LogP contribution in [0, 0.1) is 5.41 Å². The number of aromatic nitrogens is 7. The molecule has 0 saturated carbocycles. The van der Waals surface area contributed by atoms with Gasteiger partial charge in [-0.1, -0.05) is 18.9 Å². The Labute approximate surface area is 205 Å². The molecule has 0 bridgehead atoms. The first-order valence-corrected chi connectivity index (χ1v) is 11.4. The fraction of sp³-hybridized carbons (Fsp3) is 0.500. The lowest BCUT2D eigenvalue weighted by Gasteiger charge is -2.24. The van der Waals surface area contributed by atoms with Gasteiger partial charge in [0.25, 0.3) is 0 Å². The molecule has 4 heterocycles. The third-order valence-electron chi connectivity index (χ3n) is 6.15. The van der Waals surface area contributed by atoms with Crippen molar-refractivity contribution >= 4 is 11.9 Å². The molecular formula is C22H26N8O6. The smallest absolute Gasteiger partial charge is 0.341 e. The number of aliphatic carboxylic acids is 1. The number of amides is 1. The number of rotatable bonds is 9. The summed E-state index contributed by atoms with van der Waals surface area (Å²) in [6, 6.07) is 6.68. The average molecular weight is 499 g/mol. The van der Waals surface area contributed by atoms with Crippen molar-refractivity contribution in [2.24, 2.45) is 5.41 Å². The number of nitrogens with one attached hydrogen (secondary N) is 1. The molecule has 1 aromatic carbocycles. The second-order valence-corrected chi connectivity index (χ2v) is 9.59. The predicted molar refractivity (Wildman–Crippen MR) is 120 cm³/mol. The van der Waals surface area contributed by atoms with E-state index in [1.165, 1.54) is 11.0 Å². The van der Waals surface area contributed by atoms with Crippen molar-refractivity contribution in [2.75, 3.05) is 13.2 Å². The lowest BCUT2D eigenvalue weighted by Crippen LogP contribution is -2.45. The Bertz CT molecular complexity index is 1210. The monoisotopic (exact) mass is 498 g/mol. The summed E-state index contributed by atoms with van der Waals surface area (Å²) in [7, 11) is 0. The molecular weight excluding hydrogens is 472 g/mol. The van der Waals surface area contributed by atoms with E-state index < -0.39 is 11.4 Å². The molecule has 14 nitrogen and oxygen atoms in total. The summed E-state index contributed by atoms with van der Waals surface area (Å²) in [5, 5.41) is 27.9. The second kappa shape index (κ2) is 9.62. The van der Waals surface area contributed by atoms with E-state index in [9.17, 15) is 9.59 Å². The number of benzene rings is 1. The van der Waals surface area contributed by atoms with Crippen molar-refractivity contribution in [2.45, 2.75) is 51.0 Å². The summed E-state index contributed by atoms with van der Waals surface area (Å²) in [5.74, 6) is -0.653. The van der Waals surface area contributed by atoms with Crippen LogP contribution in [0.4, 0.5) is 0 Å². The predicted octanol–water partition coefficient (Wildman–Crippen LogP) is 0.761. The van der Waals surface area contributed by atoms with Gasteiger partial charge < -0.3 is 24.6 Å². The molecule has 190 valence electrons. The van der Waals surface area contributed by atoms with Crippen molar-refractivity contribution in [3.63, 3.8) is 0 Å².